The number of rotatable bonds is 6. The van der Waals surface area contributed by atoms with Gasteiger partial charge in [0.1, 0.15) is 10.7 Å². The first-order valence-corrected chi connectivity index (χ1v) is 13.3. The number of halogens is 2. The Morgan fingerprint density at radius 1 is 0.861 bits per heavy atom. The molecule has 0 fully saturated rings. The third kappa shape index (κ3) is 4.92. The molecule has 3 N–H and O–H groups in total. The maximum absolute atomic E-state index is 11.9. The summed E-state index contributed by atoms with van der Waals surface area (Å²) in [4.78, 5) is 8.87. The van der Waals surface area contributed by atoms with E-state index in [4.69, 9.17) is 33.3 Å². The van der Waals surface area contributed by atoms with Crippen molar-refractivity contribution in [1.29, 1.82) is 0 Å². The standard InChI is InChI=1S/C27H20Cl2N4O2S/c28-23-11-5-9-19(26(23)29)15-32-27-25-18(8-4-10-22(25)17-6-2-1-3-7-17)13-24(33-27)20-12-21(16-31-14-20)36(30,34)35/h1-14,16H,15H2,(H,32,33)(H2,30,34,35). The second-order valence-corrected chi connectivity index (χ2v) is 10.5. The summed E-state index contributed by atoms with van der Waals surface area (Å²) in [7, 11) is -3.92. The van der Waals surface area contributed by atoms with Crippen molar-refractivity contribution in [3.8, 4) is 22.4 Å². The van der Waals surface area contributed by atoms with Gasteiger partial charge in [0, 0.05) is 29.9 Å². The molecular weight excluding hydrogens is 515 g/mol. The monoisotopic (exact) mass is 534 g/mol. The normalized spacial score (nSPS) is 11.5. The molecule has 36 heavy (non-hydrogen) atoms. The van der Waals surface area contributed by atoms with Crippen LogP contribution < -0.4 is 10.5 Å². The van der Waals surface area contributed by atoms with E-state index in [1.807, 2.05) is 66.7 Å². The number of primary sulfonamides is 1. The van der Waals surface area contributed by atoms with E-state index in [2.05, 4.69) is 10.3 Å². The molecule has 2 heterocycles. The van der Waals surface area contributed by atoms with Gasteiger partial charge in [-0.05, 0) is 40.3 Å². The molecule has 0 saturated heterocycles. The summed E-state index contributed by atoms with van der Waals surface area (Å²) < 4.78 is 23.8. The Hall–Kier alpha value is -3.49. The quantitative estimate of drug-likeness (QED) is 0.258. The Bertz CT molecular complexity index is 1690. The van der Waals surface area contributed by atoms with Gasteiger partial charge >= 0.3 is 0 Å². The smallest absolute Gasteiger partial charge is 0.239 e. The summed E-state index contributed by atoms with van der Waals surface area (Å²) in [6.45, 7) is 0.379. The van der Waals surface area contributed by atoms with E-state index < -0.39 is 10.0 Å². The van der Waals surface area contributed by atoms with Crippen LogP contribution in [-0.2, 0) is 16.6 Å². The van der Waals surface area contributed by atoms with E-state index in [9.17, 15) is 8.42 Å². The topological polar surface area (TPSA) is 98.0 Å². The number of hydrogen-bond donors (Lipinski definition) is 2. The average Bonchev–Trinajstić information content (AvgIpc) is 2.89. The first-order chi connectivity index (χ1) is 17.3. The molecule has 0 atom stereocenters. The Morgan fingerprint density at radius 2 is 1.64 bits per heavy atom. The largest absolute Gasteiger partial charge is 0.365 e. The molecule has 0 unspecified atom stereocenters. The average molecular weight is 535 g/mol. The van der Waals surface area contributed by atoms with Gasteiger partial charge in [-0.15, -0.1) is 0 Å². The van der Waals surface area contributed by atoms with Crippen LogP contribution in [-0.4, -0.2) is 18.4 Å². The Labute approximate surface area is 218 Å². The predicted molar refractivity (Wildman–Crippen MR) is 146 cm³/mol. The lowest BCUT2D eigenvalue weighted by Gasteiger charge is -2.16. The van der Waals surface area contributed by atoms with Gasteiger partial charge in [0.2, 0.25) is 10.0 Å². The van der Waals surface area contributed by atoms with Crippen molar-refractivity contribution in [2.45, 2.75) is 11.4 Å². The minimum absolute atomic E-state index is 0.0832. The van der Waals surface area contributed by atoms with E-state index in [-0.39, 0.29) is 4.90 Å². The van der Waals surface area contributed by atoms with Crippen molar-refractivity contribution in [2.75, 3.05) is 5.32 Å². The lowest BCUT2D eigenvalue weighted by molar-refractivity contribution is 0.597. The van der Waals surface area contributed by atoms with Crippen molar-refractivity contribution < 1.29 is 8.42 Å². The number of fused-ring (bicyclic) bond motifs is 1. The number of hydrogen-bond acceptors (Lipinski definition) is 5. The van der Waals surface area contributed by atoms with Crippen LogP contribution in [0.1, 0.15) is 5.56 Å². The van der Waals surface area contributed by atoms with Crippen LogP contribution in [0.15, 0.2) is 96.2 Å². The lowest BCUT2D eigenvalue weighted by atomic mass is 9.97. The SMILES string of the molecule is NS(=O)(=O)c1cncc(-c2cc3cccc(-c4ccccc4)c3c(NCc3cccc(Cl)c3Cl)n2)c1. The number of sulfonamides is 1. The zero-order valence-electron chi connectivity index (χ0n) is 18.8. The fourth-order valence-electron chi connectivity index (χ4n) is 4.02. The summed E-state index contributed by atoms with van der Waals surface area (Å²) in [6.07, 6.45) is 2.77. The van der Waals surface area contributed by atoms with E-state index in [1.54, 1.807) is 12.3 Å². The zero-order valence-corrected chi connectivity index (χ0v) is 21.1. The lowest BCUT2D eigenvalue weighted by Crippen LogP contribution is -2.12. The van der Waals surface area contributed by atoms with Crippen LogP contribution in [0.2, 0.25) is 10.0 Å². The van der Waals surface area contributed by atoms with Crippen LogP contribution in [0.4, 0.5) is 5.82 Å². The number of pyridine rings is 2. The third-order valence-electron chi connectivity index (χ3n) is 5.76. The number of anilines is 1. The van der Waals surface area contributed by atoms with Crippen molar-refractivity contribution >= 4 is 49.8 Å². The highest BCUT2D eigenvalue weighted by atomic mass is 35.5. The van der Waals surface area contributed by atoms with Gasteiger partial charge in [-0.3, -0.25) is 4.98 Å². The fourth-order valence-corrected chi connectivity index (χ4v) is 4.91. The van der Waals surface area contributed by atoms with Crippen LogP contribution in [0.5, 0.6) is 0 Å². The molecule has 5 aromatic rings. The fraction of sp³-hybridized carbons (Fsp3) is 0.0370. The minimum Gasteiger partial charge on any atom is -0.365 e. The number of nitrogens with one attached hydrogen (secondary N) is 1. The number of nitrogens with zero attached hydrogens (tertiary/aromatic N) is 2. The molecule has 9 heteroatoms. The van der Waals surface area contributed by atoms with Gasteiger partial charge in [-0.2, -0.15) is 0 Å². The van der Waals surface area contributed by atoms with Crippen LogP contribution in [0, 0.1) is 0 Å². The summed E-state index contributed by atoms with van der Waals surface area (Å²) >= 11 is 12.6. The first kappa shape index (κ1) is 24.2. The second-order valence-electron chi connectivity index (χ2n) is 8.15. The Kier molecular flexibility index (Phi) is 6.64. The molecule has 0 saturated carbocycles. The molecule has 5 rings (SSSR count). The summed E-state index contributed by atoms with van der Waals surface area (Å²) in [5.41, 5.74) is 3.94. The molecule has 0 bridgehead atoms. The van der Waals surface area contributed by atoms with E-state index in [0.717, 1.165) is 27.5 Å². The minimum atomic E-state index is -3.92. The van der Waals surface area contributed by atoms with Crippen LogP contribution in [0.25, 0.3) is 33.2 Å². The zero-order chi connectivity index (χ0) is 25.3. The maximum Gasteiger partial charge on any atom is 0.239 e. The molecule has 0 radical (unpaired) electrons. The van der Waals surface area contributed by atoms with Crippen molar-refractivity contribution in [3.63, 3.8) is 0 Å². The molecule has 0 aliphatic carbocycles. The van der Waals surface area contributed by atoms with Crippen molar-refractivity contribution in [3.05, 3.63) is 107 Å². The number of nitrogens with two attached hydrogens (primary N) is 1. The molecule has 3 aromatic carbocycles. The summed E-state index contributed by atoms with van der Waals surface area (Å²) in [5.74, 6) is 0.610. The molecule has 0 aliphatic rings. The van der Waals surface area contributed by atoms with Gasteiger partial charge in [-0.1, -0.05) is 83.9 Å². The van der Waals surface area contributed by atoms with Crippen LogP contribution >= 0.6 is 23.2 Å². The molecular formula is C27H20Cl2N4O2S. The third-order valence-corrected chi connectivity index (χ3v) is 7.50. The van der Waals surface area contributed by atoms with Crippen molar-refractivity contribution in [1.82, 2.24) is 9.97 Å². The highest BCUT2D eigenvalue weighted by molar-refractivity contribution is 7.89. The molecule has 180 valence electrons. The molecule has 2 aromatic heterocycles. The highest BCUT2D eigenvalue weighted by Gasteiger charge is 2.16. The first-order valence-electron chi connectivity index (χ1n) is 11.0. The van der Waals surface area contributed by atoms with Gasteiger partial charge in [0.15, 0.2) is 0 Å². The van der Waals surface area contributed by atoms with Gasteiger partial charge in [0.25, 0.3) is 0 Å². The summed E-state index contributed by atoms with van der Waals surface area (Å²) in [5, 5.41) is 11.5. The number of aromatic nitrogens is 2. The van der Waals surface area contributed by atoms with E-state index in [0.29, 0.717) is 33.7 Å². The van der Waals surface area contributed by atoms with E-state index >= 15 is 0 Å². The number of benzene rings is 3. The maximum atomic E-state index is 11.9. The van der Waals surface area contributed by atoms with Gasteiger partial charge in [-0.25, -0.2) is 18.5 Å². The van der Waals surface area contributed by atoms with Gasteiger partial charge < -0.3 is 5.32 Å². The molecule has 0 spiro atoms. The predicted octanol–water partition coefficient (Wildman–Crippen LogP) is 6.53. The Morgan fingerprint density at radius 3 is 2.42 bits per heavy atom. The van der Waals surface area contributed by atoms with Crippen LogP contribution in [0.3, 0.4) is 0 Å². The molecule has 6 nitrogen and oxygen atoms in total. The van der Waals surface area contributed by atoms with E-state index in [1.165, 1.54) is 12.3 Å². The highest BCUT2D eigenvalue weighted by Crippen LogP contribution is 2.36. The second kappa shape index (κ2) is 9.87. The van der Waals surface area contributed by atoms with Crippen molar-refractivity contribution in [2.24, 2.45) is 5.14 Å². The van der Waals surface area contributed by atoms with Gasteiger partial charge in [0.05, 0.1) is 15.7 Å². The molecule has 0 aliphatic heterocycles. The Balaban J connectivity index is 1.69. The summed E-state index contributed by atoms with van der Waals surface area (Å²) in [6, 6.07) is 24.9. The molecule has 0 amide bonds.